The zero-order valence-corrected chi connectivity index (χ0v) is 13.4. The lowest BCUT2D eigenvalue weighted by atomic mass is 10.0. The summed E-state index contributed by atoms with van der Waals surface area (Å²) in [6.07, 6.45) is 1.27. The van der Waals surface area contributed by atoms with Gasteiger partial charge in [0, 0.05) is 25.6 Å². The van der Waals surface area contributed by atoms with E-state index in [9.17, 15) is 14.7 Å². The van der Waals surface area contributed by atoms with Crippen molar-refractivity contribution in [2.45, 2.75) is 39.7 Å². The van der Waals surface area contributed by atoms with E-state index in [0.29, 0.717) is 13.0 Å². The van der Waals surface area contributed by atoms with E-state index < -0.39 is 11.9 Å². The van der Waals surface area contributed by atoms with Gasteiger partial charge in [-0.3, -0.25) is 14.5 Å². The van der Waals surface area contributed by atoms with Crippen molar-refractivity contribution in [3.8, 4) is 0 Å². The molecule has 0 spiro atoms. The fraction of sp³-hybridized carbons (Fsp3) is 0.867. The SMILES string of the molecule is CCN(CC)C(=O)CCCN(CC)C1COCC1C(=O)O. The van der Waals surface area contributed by atoms with Crippen molar-refractivity contribution in [1.29, 1.82) is 0 Å². The summed E-state index contributed by atoms with van der Waals surface area (Å²) in [7, 11) is 0. The average Bonchev–Trinajstić information content (AvgIpc) is 2.94. The Hall–Kier alpha value is -1.14. The Bertz CT molecular complexity index is 345. The van der Waals surface area contributed by atoms with E-state index in [0.717, 1.165) is 32.6 Å². The van der Waals surface area contributed by atoms with Gasteiger partial charge in [-0.2, -0.15) is 0 Å². The Morgan fingerprint density at radius 2 is 1.81 bits per heavy atom. The van der Waals surface area contributed by atoms with Crippen LogP contribution in [-0.2, 0) is 14.3 Å². The quantitative estimate of drug-likeness (QED) is 0.689. The second-order valence-electron chi connectivity index (χ2n) is 5.35. The Morgan fingerprint density at radius 1 is 1.14 bits per heavy atom. The van der Waals surface area contributed by atoms with Gasteiger partial charge in [0.25, 0.3) is 0 Å². The van der Waals surface area contributed by atoms with E-state index in [2.05, 4.69) is 4.90 Å². The van der Waals surface area contributed by atoms with Gasteiger partial charge in [-0.25, -0.2) is 0 Å². The van der Waals surface area contributed by atoms with Gasteiger partial charge >= 0.3 is 5.97 Å². The normalized spacial score (nSPS) is 21.7. The summed E-state index contributed by atoms with van der Waals surface area (Å²) in [5.74, 6) is -1.08. The van der Waals surface area contributed by atoms with Crippen LogP contribution >= 0.6 is 0 Å². The number of nitrogens with zero attached hydrogens (tertiary/aromatic N) is 2. The Kier molecular flexibility index (Phi) is 7.67. The summed E-state index contributed by atoms with van der Waals surface area (Å²) >= 11 is 0. The highest BCUT2D eigenvalue weighted by Gasteiger charge is 2.37. The van der Waals surface area contributed by atoms with E-state index in [-0.39, 0.29) is 18.6 Å². The van der Waals surface area contributed by atoms with Crippen molar-refractivity contribution in [3.63, 3.8) is 0 Å². The molecule has 1 aliphatic heterocycles. The molecule has 1 amide bonds. The fourth-order valence-electron chi connectivity index (χ4n) is 2.86. The molecule has 0 bridgehead atoms. The topological polar surface area (TPSA) is 70.1 Å². The molecule has 21 heavy (non-hydrogen) atoms. The van der Waals surface area contributed by atoms with Crippen LogP contribution in [0.2, 0.25) is 0 Å². The summed E-state index contributed by atoms with van der Waals surface area (Å²) in [6, 6.07) is -0.0731. The largest absolute Gasteiger partial charge is 0.481 e. The van der Waals surface area contributed by atoms with E-state index >= 15 is 0 Å². The molecule has 0 radical (unpaired) electrons. The van der Waals surface area contributed by atoms with Crippen LogP contribution < -0.4 is 0 Å². The number of hydrogen-bond acceptors (Lipinski definition) is 4. The number of carboxylic acids is 1. The first-order valence-corrected chi connectivity index (χ1v) is 7.87. The van der Waals surface area contributed by atoms with Crippen LogP contribution in [0.1, 0.15) is 33.6 Å². The first-order chi connectivity index (χ1) is 10.0. The standard InChI is InChI=1S/C15H28N2O4/c1-4-16(5-2)14(18)8-7-9-17(6-3)13-11-21-10-12(13)15(19)20/h12-13H,4-11H2,1-3H3,(H,19,20). The van der Waals surface area contributed by atoms with Gasteiger partial charge in [0.05, 0.1) is 19.1 Å². The predicted molar refractivity (Wildman–Crippen MR) is 80.1 cm³/mol. The summed E-state index contributed by atoms with van der Waals surface area (Å²) in [4.78, 5) is 27.1. The second-order valence-corrected chi connectivity index (χ2v) is 5.35. The minimum atomic E-state index is -0.796. The molecule has 1 heterocycles. The zero-order valence-electron chi connectivity index (χ0n) is 13.4. The number of ether oxygens (including phenoxy) is 1. The molecule has 6 nitrogen and oxygen atoms in total. The lowest BCUT2D eigenvalue weighted by Crippen LogP contribution is -2.43. The lowest BCUT2D eigenvalue weighted by Gasteiger charge is -2.29. The number of amides is 1. The predicted octanol–water partition coefficient (Wildman–Crippen LogP) is 1.06. The number of likely N-dealkylation sites (N-methyl/N-ethyl adjacent to an activating group) is 1. The smallest absolute Gasteiger partial charge is 0.310 e. The van der Waals surface area contributed by atoms with Gasteiger partial charge in [0.1, 0.15) is 0 Å². The highest BCUT2D eigenvalue weighted by atomic mass is 16.5. The molecular weight excluding hydrogens is 272 g/mol. The molecule has 2 unspecified atom stereocenters. The molecule has 2 atom stereocenters. The zero-order chi connectivity index (χ0) is 15.8. The van der Waals surface area contributed by atoms with Crippen molar-refractivity contribution >= 4 is 11.9 Å². The average molecular weight is 300 g/mol. The van der Waals surface area contributed by atoms with Crippen LogP contribution in [-0.4, -0.2) is 72.2 Å². The second kappa shape index (κ2) is 9.00. The van der Waals surface area contributed by atoms with Crippen molar-refractivity contribution in [3.05, 3.63) is 0 Å². The molecule has 1 N–H and O–H groups in total. The number of carbonyl (C=O) groups excluding carboxylic acids is 1. The number of carbonyl (C=O) groups is 2. The molecule has 0 aliphatic carbocycles. The first-order valence-electron chi connectivity index (χ1n) is 7.87. The van der Waals surface area contributed by atoms with Gasteiger partial charge in [0.2, 0.25) is 5.91 Å². The van der Waals surface area contributed by atoms with Crippen molar-refractivity contribution in [2.24, 2.45) is 5.92 Å². The number of carboxylic acid groups (broad SMARTS) is 1. The Labute approximate surface area is 127 Å². The summed E-state index contributed by atoms with van der Waals surface area (Å²) < 4.78 is 5.32. The highest BCUT2D eigenvalue weighted by Crippen LogP contribution is 2.20. The van der Waals surface area contributed by atoms with Crippen molar-refractivity contribution < 1.29 is 19.4 Å². The minimum absolute atomic E-state index is 0.0731. The Balaban J connectivity index is 2.44. The van der Waals surface area contributed by atoms with E-state index in [1.807, 2.05) is 25.7 Å². The number of rotatable bonds is 9. The molecule has 0 aromatic rings. The molecule has 122 valence electrons. The van der Waals surface area contributed by atoms with Crippen LogP contribution in [0.4, 0.5) is 0 Å². The molecule has 1 fully saturated rings. The first kappa shape index (κ1) is 17.9. The van der Waals surface area contributed by atoms with Crippen molar-refractivity contribution in [2.75, 3.05) is 39.4 Å². The monoisotopic (exact) mass is 300 g/mol. The summed E-state index contributed by atoms with van der Waals surface area (Å²) in [5, 5.41) is 9.21. The van der Waals surface area contributed by atoms with Gasteiger partial charge in [0.15, 0.2) is 0 Å². The summed E-state index contributed by atoms with van der Waals surface area (Å²) in [6.45, 7) is 9.72. The van der Waals surface area contributed by atoms with Crippen molar-refractivity contribution in [1.82, 2.24) is 9.80 Å². The van der Waals surface area contributed by atoms with Gasteiger partial charge in [-0.05, 0) is 33.4 Å². The Morgan fingerprint density at radius 3 is 2.33 bits per heavy atom. The minimum Gasteiger partial charge on any atom is -0.481 e. The molecule has 1 aliphatic rings. The third-order valence-corrected chi connectivity index (χ3v) is 4.19. The maximum Gasteiger partial charge on any atom is 0.310 e. The van der Waals surface area contributed by atoms with Crippen LogP contribution in [0.15, 0.2) is 0 Å². The third-order valence-electron chi connectivity index (χ3n) is 4.19. The van der Waals surface area contributed by atoms with E-state index in [4.69, 9.17) is 4.74 Å². The lowest BCUT2D eigenvalue weighted by molar-refractivity contribution is -0.143. The van der Waals surface area contributed by atoms with E-state index in [1.54, 1.807) is 0 Å². The molecular formula is C15H28N2O4. The fourth-order valence-corrected chi connectivity index (χ4v) is 2.86. The van der Waals surface area contributed by atoms with Gasteiger partial charge < -0.3 is 14.7 Å². The van der Waals surface area contributed by atoms with Gasteiger partial charge in [-0.1, -0.05) is 6.92 Å². The molecule has 1 saturated heterocycles. The number of aliphatic carboxylic acids is 1. The van der Waals surface area contributed by atoms with Crippen LogP contribution in [0.25, 0.3) is 0 Å². The van der Waals surface area contributed by atoms with Gasteiger partial charge in [-0.15, -0.1) is 0 Å². The molecule has 0 saturated carbocycles. The van der Waals surface area contributed by atoms with Crippen LogP contribution in [0.3, 0.4) is 0 Å². The third kappa shape index (κ3) is 4.97. The maximum atomic E-state index is 12.0. The summed E-state index contributed by atoms with van der Waals surface area (Å²) in [5.41, 5.74) is 0. The molecule has 0 aromatic heterocycles. The number of hydrogen-bond donors (Lipinski definition) is 1. The van der Waals surface area contributed by atoms with E-state index in [1.165, 1.54) is 0 Å². The maximum absolute atomic E-state index is 12.0. The molecule has 0 aromatic carbocycles. The van der Waals surface area contributed by atoms with Crippen LogP contribution in [0.5, 0.6) is 0 Å². The van der Waals surface area contributed by atoms with Crippen LogP contribution in [0, 0.1) is 5.92 Å². The molecule has 6 heteroatoms. The molecule has 1 rings (SSSR count). The highest BCUT2D eigenvalue weighted by molar-refractivity contribution is 5.76.